The predicted molar refractivity (Wildman–Crippen MR) is 62.6 cm³/mol. The lowest BCUT2D eigenvalue weighted by Gasteiger charge is -2.17. The SMILES string of the molecule is Cc1c(C(O)C(O)CBr)cc(F)cc1[N+](=O)[O-]. The molecule has 0 fully saturated rings. The van der Waals surface area contributed by atoms with E-state index >= 15 is 0 Å². The zero-order valence-corrected chi connectivity index (χ0v) is 10.5. The summed E-state index contributed by atoms with van der Waals surface area (Å²) in [6, 6.07) is 1.77. The van der Waals surface area contributed by atoms with Gasteiger partial charge in [-0.15, -0.1) is 0 Å². The van der Waals surface area contributed by atoms with Crippen molar-refractivity contribution in [3.05, 3.63) is 39.2 Å². The smallest absolute Gasteiger partial charge is 0.275 e. The molecule has 7 heteroatoms. The molecular weight excluding hydrogens is 297 g/mol. The number of rotatable bonds is 4. The van der Waals surface area contributed by atoms with Crippen LogP contribution in [0.2, 0.25) is 0 Å². The van der Waals surface area contributed by atoms with E-state index in [2.05, 4.69) is 15.9 Å². The van der Waals surface area contributed by atoms with Crippen molar-refractivity contribution in [2.75, 3.05) is 5.33 Å². The summed E-state index contributed by atoms with van der Waals surface area (Å²) in [5.74, 6) is -0.821. The van der Waals surface area contributed by atoms with Crippen LogP contribution in [0.1, 0.15) is 17.2 Å². The van der Waals surface area contributed by atoms with E-state index in [9.17, 15) is 24.7 Å². The number of nitro benzene ring substituents is 1. The molecule has 2 unspecified atom stereocenters. The van der Waals surface area contributed by atoms with Crippen molar-refractivity contribution in [3.63, 3.8) is 0 Å². The Morgan fingerprint density at radius 3 is 2.59 bits per heavy atom. The molecule has 1 aromatic rings. The van der Waals surface area contributed by atoms with Gasteiger partial charge in [-0.25, -0.2) is 4.39 Å². The van der Waals surface area contributed by atoms with Gasteiger partial charge in [0, 0.05) is 10.9 Å². The first kappa shape index (κ1) is 14.0. The molecular formula is C10H11BrFNO4. The Hall–Kier alpha value is -1.05. The molecule has 0 saturated carbocycles. The molecule has 17 heavy (non-hydrogen) atoms. The zero-order chi connectivity index (χ0) is 13.2. The van der Waals surface area contributed by atoms with Crippen molar-refractivity contribution in [3.8, 4) is 0 Å². The molecule has 1 rings (SSSR count). The van der Waals surface area contributed by atoms with Gasteiger partial charge in [-0.3, -0.25) is 10.1 Å². The largest absolute Gasteiger partial charge is 0.389 e. The number of nitrogens with zero attached hydrogens (tertiary/aromatic N) is 1. The topological polar surface area (TPSA) is 83.6 Å². The van der Waals surface area contributed by atoms with Crippen molar-refractivity contribution < 1.29 is 19.5 Å². The van der Waals surface area contributed by atoms with Gasteiger partial charge in [-0.05, 0) is 18.6 Å². The summed E-state index contributed by atoms with van der Waals surface area (Å²) in [6.07, 6.45) is -2.53. The first-order chi connectivity index (χ1) is 7.88. The first-order valence-electron chi connectivity index (χ1n) is 4.75. The molecule has 0 bridgehead atoms. The van der Waals surface area contributed by atoms with Gasteiger partial charge in [0.1, 0.15) is 11.9 Å². The van der Waals surface area contributed by atoms with Crippen LogP contribution in [0.4, 0.5) is 10.1 Å². The summed E-state index contributed by atoms with van der Waals surface area (Å²) in [5, 5.41) is 29.9. The normalized spacial score (nSPS) is 14.4. The molecule has 0 aliphatic rings. The quantitative estimate of drug-likeness (QED) is 0.505. The molecule has 2 N–H and O–H groups in total. The van der Waals surface area contributed by atoms with E-state index < -0.39 is 28.6 Å². The maximum atomic E-state index is 13.2. The average Bonchev–Trinajstić information content (AvgIpc) is 2.29. The van der Waals surface area contributed by atoms with Gasteiger partial charge in [-0.1, -0.05) is 15.9 Å². The molecule has 1 aromatic carbocycles. The lowest BCUT2D eigenvalue weighted by atomic mass is 9.98. The van der Waals surface area contributed by atoms with Gasteiger partial charge >= 0.3 is 0 Å². The van der Waals surface area contributed by atoms with E-state index in [4.69, 9.17) is 0 Å². The fourth-order valence-electron chi connectivity index (χ4n) is 1.47. The Kier molecular flexibility index (Phi) is 4.55. The van der Waals surface area contributed by atoms with Gasteiger partial charge < -0.3 is 10.2 Å². The minimum absolute atomic E-state index is 0.0173. The summed E-state index contributed by atoms with van der Waals surface area (Å²) in [6.45, 7) is 1.40. The van der Waals surface area contributed by atoms with Crippen molar-refractivity contribution >= 4 is 21.6 Å². The van der Waals surface area contributed by atoms with Crippen LogP contribution in [-0.2, 0) is 0 Å². The number of hydrogen-bond acceptors (Lipinski definition) is 4. The van der Waals surface area contributed by atoms with Gasteiger partial charge in [0.25, 0.3) is 5.69 Å². The van der Waals surface area contributed by atoms with Gasteiger partial charge in [0.05, 0.1) is 17.1 Å². The Morgan fingerprint density at radius 2 is 2.12 bits per heavy atom. The number of alkyl halides is 1. The van der Waals surface area contributed by atoms with Crippen molar-refractivity contribution in [1.82, 2.24) is 0 Å². The van der Waals surface area contributed by atoms with Crippen molar-refractivity contribution in [2.45, 2.75) is 19.1 Å². The number of nitro groups is 1. The number of aliphatic hydroxyl groups is 2. The summed E-state index contributed by atoms with van der Waals surface area (Å²) < 4.78 is 13.2. The zero-order valence-electron chi connectivity index (χ0n) is 8.93. The molecule has 0 aliphatic heterocycles. The molecule has 5 nitrogen and oxygen atoms in total. The van der Waals surface area contributed by atoms with Crippen molar-refractivity contribution in [1.29, 1.82) is 0 Å². The fourth-order valence-corrected chi connectivity index (χ4v) is 1.83. The Balaban J connectivity index is 3.29. The number of benzene rings is 1. The third-order valence-electron chi connectivity index (χ3n) is 2.42. The summed E-state index contributed by atoms with van der Waals surface area (Å²) in [7, 11) is 0. The number of halogens is 2. The number of hydrogen-bond donors (Lipinski definition) is 2. The minimum Gasteiger partial charge on any atom is -0.389 e. The van der Waals surface area contributed by atoms with Gasteiger partial charge in [0.2, 0.25) is 0 Å². The van der Waals surface area contributed by atoms with Crippen LogP contribution in [0.3, 0.4) is 0 Å². The minimum atomic E-state index is -1.37. The van der Waals surface area contributed by atoms with Gasteiger partial charge in [0.15, 0.2) is 0 Å². The van der Waals surface area contributed by atoms with E-state index in [1.165, 1.54) is 6.92 Å². The molecule has 0 aliphatic carbocycles. The van der Waals surface area contributed by atoms with Crippen LogP contribution in [0.15, 0.2) is 12.1 Å². The van der Waals surface area contributed by atoms with E-state index in [1.54, 1.807) is 0 Å². The molecule has 0 aromatic heterocycles. The van der Waals surface area contributed by atoms with Crippen LogP contribution < -0.4 is 0 Å². The third kappa shape index (κ3) is 2.99. The average molecular weight is 308 g/mol. The second-order valence-corrected chi connectivity index (χ2v) is 4.21. The highest BCUT2D eigenvalue weighted by molar-refractivity contribution is 9.09. The predicted octanol–water partition coefficient (Wildman–Crippen LogP) is 1.83. The standard InChI is InChI=1S/C10H11BrFNO4/c1-5-7(10(15)9(14)4-11)2-6(12)3-8(5)13(16)17/h2-3,9-10,14-15H,4H2,1H3. The second kappa shape index (κ2) is 5.52. The molecule has 2 atom stereocenters. The summed E-state index contributed by atoms with van der Waals surface area (Å²) >= 11 is 2.97. The Morgan fingerprint density at radius 1 is 1.53 bits per heavy atom. The number of aliphatic hydroxyl groups excluding tert-OH is 2. The van der Waals surface area contributed by atoms with Crippen LogP contribution >= 0.6 is 15.9 Å². The second-order valence-electron chi connectivity index (χ2n) is 3.56. The first-order valence-corrected chi connectivity index (χ1v) is 5.87. The lowest BCUT2D eigenvalue weighted by molar-refractivity contribution is -0.385. The molecule has 0 radical (unpaired) electrons. The lowest BCUT2D eigenvalue weighted by Crippen LogP contribution is -2.20. The van der Waals surface area contributed by atoms with Crippen LogP contribution in [0.25, 0.3) is 0 Å². The Labute approximate surface area is 105 Å². The van der Waals surface area contributed by atoms with Crippen molar-refractivity contribution in [2.24, 2.45) is 0 Å². The summed E-state index contributed by atoms with van der Waals surface area (Å²) in [4.78, 5) is 9.95. The molecule has 94 valence electrons. The molecule has 0 amide bonds. The highest BCUT2D eigenvalue weighted by Gasteiger charge is 2.24. The van der Waals surface area contributed by atoms with E-state index in [1.807, 2.05) is 0 Å². The van der Waals surface area contributed by atoms with E-state index in [0.29, 0.717) is 0 Å². The fraction of sp³-hybridized carbons (Fsp3) is 0.400. The van der Waals surface area contributed by atoms with Gasteiger partial charge in [-0.2, -0.15) is 0 Å². The van der Waals surface area contributed by atoms with E-state index in [-0.39, 0.29) is 16.5 Å². The Bertz CT molecular complexity index is 441. The molecule has 0 spiro atoms. The highest BCUT2D eigenvalue weighted by Crippen LogP contribution is 2.29. The highest BCUT2D eigenvalue weighted by atomic mass is 79.9. The maximum absolute atomic E-state index is 13.2. The summed E-state index contributed by atoms with van der Waals surface area (Å²) in [5.41, 5.74) is -0.256. The molecule has 0 saturated heterocycles. The third-order valence-corrected chi connectivity index (χ3v) is 3.09. The van der Waals surface area contributed by atoms with Crippen LogP contribution in [-0.4, -0.2) is 26.6 Å². The van der Waals surface area contributed by atoms with Crippen LogP contribution in [0, 0.1) is 22.9 Å². The molecule has 0 heterocycles. The van der Waals surface area contributed by atoms with E-state index in [0.717, 1.165) is 12.1 Å². The van der Waals surface area contributed by atoms with Crippen LogP contribution in [0.5, 0.6) is 0 Å². The maximum Gasteiger partial charge on any atom is 0.275 e. The monoisotopic (exact) mass is 307 g/mol.